The minimum Gasteiger partial charge on any atom is -0.480 e. The SMILES string of the molecule is O=C(N[C@H](Cc1ccccc1)C(=O)O)C(CCCCO)N1C(=O)c2ccccc2C1=O. The fraction of sp³-hybridized carbons (Fsp3) is 0.304. The molecule has 0 saturated heterocycles. The van der Waals surface area contributed by atoms with Gasteiger partial charge in [0.1, 0.15) is 12.1 Å². The Morgan fingerprint density at radius 1 is 0.903 bits per heavy atom. The third-order valence-electron chi connectivity index (χ3n) is 5.22. The van der Waals surface area contributed by atoms with Crippen LogP contribution in [0.15, 0.2) is 54.6 Å². The Morgan fingerprint density at radius 2 is 1.48 bits per heavy atom. The average Bonchev–Trinajstić information content (AvgIpc) is 3.02. The van der Waals surface area contributed by atoms with Crippen LogP contribution in [0.4, 0.5) is 0 Å². The summed E-state index contributed by atoms with van der Waals surface area (Å²) in [6.45, 7) is -0.0950. The van der Waals surface area contributed by atoms with Crippen LogP contribution in [-0.4, -0.2) is 57.5 Å². The van der Waals surface area contributed by atoms with Gasteiger partial charge in [-0.3, -0.25) is 19.3 Å². The molecule has 0 aromatic heterocycles. The topological polar surface area (TPSA) is 124 Å². The van der Waals surface area contributed by atoms with Crippen molar-refractivity contribution in [1.82, 2.24) is 10.2 Å². The molecule has 8 heteroatoms. The molecule has 0 fully saturated rings. The Labute approximate surface area is 179 Å². The van der Waals surface area contributed by atoms with Gasteiger partial charge in [0, 0.05) is 13.0 Å². The van der Waals surface area contributed by atoms with Gasteiger partial charge in [-0.15, -0.1) is 0 Å². The van der Waals surface area contributed by atoms with Crippen LogP contribution in [0.25, 0.3) is 0 Å². The number of aliphatic hydroxyl groups excluding tert-OH is 1. The Hall–Kier alpha value is -3.52. The summed E-state index contributed by atoms with van der Waals surface area (Å²) in [6.07, 6.45) is 0.959. The normalized spacial score (nSPS) is 14.8. The summed E-state index contributed by atoms with van der Waals surface area (Å²) < 4.78 is 0. The lowest BCUT2D eigenvalue weighted by Gasteiger charge is -2.27. The number of aliphatic hydroxyl groups is 1. The molecule has 0 spiro atoms. The Bertz CT molecular complexity index is 940. The largest absolute Gasteiger partial charge is 0.480 e. The summed E-state index contributed by atoms with van der Waals surface area (Å²) in [5.74, 6) is -3.09. The lowest BCUT2D eigenvalue weighted by molar-refractivity contribution is -0.142. The first-order chi connectivity index (χ1) is 14.9. The van der Waals surface area contributed by atoms with Crippen molar-refractivity contribution in [3.05, 3.63) is 71.3 Å². The lowest BCUT2D eigenvalue weighted by Crippen LogP contribution is -2.53. The van der Waals surface area contributed by atoms with E-state index in [0.29, 0.717) is 12.8 Å². The molecule has 3 N–H and O–H groups in total. The van der Waals surface area contributed by atoms with E-state index in [0.717, 1.165) is 10.5 Å². The van der Waals surface area contributed by atoms with E-state index < -0.39 is 35.8 Å². The zero-order chi connectivity index (χ0) is 22.4. The van der Waals surface area contributed by atoms with Crippen LogP contribution in [-0.2, 0) is 16.0 Å². The number of carboxylic acids is 1. The van der Waals surface area contributed by atoms with Crippen molar-refractivity contribution >= 4 is 23.7 Å². The molecule has 2 aromatic carbocycles. The molecule has 0 aliphatic carbocycles. The second-order valence-corrected chi connectivity index (χ2v) is 7.35. The molecule has 0 saturated carbocycles. The van der Waals surface area contributed by atoms with Gasteiger partial charge in [-0.25, -0.2) is 4.79 Å². The smallest absolute Gasteiger partial charge is 0.326 e. The Kier molecular flexibility index (Phi) is 7.15. The number of nitrogens with zero attached hydrogens (tertiary/aromatic N) is 1. The Morgan fingerprint density at radius 3 is 2.03 bits per heavy atom. The maximum Gasteiger partial charge on any atom is 0.326 e. The summed E-state index contributed by atoms with van der Waals surface area (Å²) in [4.78, 5) is 51.5. The van der Waals surface area contributed by atoms with Crippen molar-refractivity contribution in [3.63, 3.8) is 0 Å². The number of hydrogen-bond acceptors (Lipinski definition) is 5. The van der Waals surface area contributed by atoms with E-state index in [1.807, 2.05) is 0 Å². The lowest BCUT2D eigenvalue weighted by atomic mass is 10.0. The van der Waals surface area contributed by atoms with E-state index in [4.69, 9.17) is 5.11 Å². The molecular weight excluding hydrogens is 400 g/mol. The van der Waals surface area contributed by atoms with Crippen LogP contribution >= 0.6 is 0 Å². The van der Waals surface area contributed by atoms with Crippen LogP contribution in [0, 0.1) is 0 Å². The average molecular weight is 424 g/mol. The maximum atomic E-state index is 13.1. The van der Waals surface area contributed by atoms with E-state index in [1.54, 1.807) is 42.5 Å². The number of aliphatic carboxylic acids is 1. The molecule has 8 nitrogen and oxygen atoms in total. The van der Waals surface area contributed by atoms with E-state index >= 15 is 0 Å². The first-order valence-electron chi connectivity index (χ1n) is 10.1. The number of hydrogen-bond donors (Lipinski definition) is 3. The number of carbonyl (C=O) groups excluding carboxylic acids is 3. The van der Waals surface area contributed by atoms with Gasteiger partial charge in [0.15, 0.2) is 0 Å². The van der Waals surface area contributed by atoms with Crippen molar-refractivity contribution in [1.29, 1.82) is 0 Å². The number of rotatable bonds is 10. The van der Waals surface area contributed by atoms with Crippen LogP contribution in [0.5, 0.6) is 0 Å². The van der Waals surface area contributed by atoms with Gasteiger partial charge in [-0.1, -0.05) is 42.5 Å². The second-order valence-electron chi connectivity index (χ2n) is 7.35. The van der Waals surface area contributed by atoms with E-state index in [9.17, 15) is 24.3 Å². The number of nitrogens with one attached hydrogen (secondary N) is 1. The third kappa shape index (κ3) is 4.97. The van der Waals surface area contributed by atoms with Crippen LogP contribution in [0.1, 0.15) is 45.5 Å². The minimum absolute atomic E-state index is 0.0629. The summed E-state index contributed by atoms with van der Waals surface area (Å²) in [5.41, 5.74) is 1.16. The summed E-state index contributed by atoms with van der Waals surface area (Å²) in [5, 5.41) is 21.2. The molecule has 3 amide bonds. The van der Waals surface area contributed by atoms with Crippen molar-refractivity contribution in [2.75, 3.05) is 6.61 Å². The number of imide groups is 1. The fourth-order valence-corrected chi connectivity index (χ4v) is 3.64. The highest BCUT2D eigenvalue weighted by molar-refractivity contribution is 6.22. The molecule has 2 aromatic rings. The van der Waals surface area contributed by atoms with Crippen molar-refractivity contribution in [3.8, 4) is 0 Å². The number of benzene rings is 2. The highest BCUT2D eigenvalue weighted by Gasteiger charge is 2.43. The number of carboxylic acid groups (broad SMARTS) is 1. The Balaban J connectivity index is 1.82. The van der Waals surface area contributed by atoms with Crippen molar-refractivity contribution in [2.45, 2.75) is 37.8 Å². The molecule has 1 aliphatic heterocycles. The molecule has 162 valence electrons. The van der Waals surface area contributed by atoms with Gasteiger partial charge >= 0.3 is 5.97 Å². The molecule has 1 aliphatic rings. The monoisotopic (exact) mass is 424 g/mol. The van der Waals surface area contributed by atoms with E-state index in [1.165, 1.54) is 12.1 Å². The number of unbranched alkanes of at least 4 members (excludes halogenated alkanes) is 1. The van der Waals surface area contributed by atoms with Gasteiger partial charge in [-0.05, 0) is 37.0 Å². The standard InChI is InChI=1S/C23H24N2O6/c26-13-7-6-12-19(25-21(28)16-10-4-5-11-17(16)22(25)29)20(27)24-18(23(30)31)14-15-8-2-1-3-9-15/h1-5,8-11,18-19,26H,6-7,12-14H2,(H,24,27)(H,30,31)/t18-,19?/m1/s1. The van der Waals surface area contributed by atoms with E-state index in [2.05, 4.69) is 5.32 Å². The number of carbonyl (C=O) groups is 4. The van der Waals surface area contributed by atoms with Crippen LogP contribution in [0.2, 0.25) is 0 Å². The molecule has 1 unspecified atom stereocenters. The number of fused-ring (bicyclic) bond motifs is 1. The molecule has 0 radical (unpaired) electrons. The van der Waals surface area contributed by atoms with E-state index in [-0.39, 0.29) is 30.6 Å². The van der Waals surface area contributed by atoms with Gasteiger partial charge in [0.25, 0.3) is 11.8 Å². The predicted octanol–water partition coefficient (Wildman–Crippen LogP) is 1.63. The quantitative estimate of drug-likeness (QED) is 0.393. The summed E-state index contributed by atoms with van der Waals surface area (Å²) in [6, 6.07) is 12.8. The first-order valence-corrected chi connectivity index (χ1v) is 10.1. The summed E-state index contributed by atoms with van der Waals surface area (Å²) in [7, 11) is 0. The molecule has 3 rings (SSSR count). The number of amides is 3. The van der Waals surface area contributed by atoms with Gasteiger partial charge in [-0.2, -0.15) is 0 Å². The fourth-order valence-electron chi connectivity index (χ4n) is 3.64. The molecule has 31 heavy (non-hydrogen) atoms. The second kappa shape index (κ2) is 9.99. The van der Waals surface area contributed by atoms with Crippen LogP contribution < -0.4 is 5.32 Å². The molecule has 0 bridgehead atoms. The van der Waals surface area contributed by atoms with Crippen LogP contribution in [0.3, 0.4) is 0 Å². The summed E-state index contributed by atoms with van der Waals surface area (Å²) >= 11 is 0. The molecule has 1 heterocycles. The highest BCUT2D eigenvalue weighted by Crippen LogP contribution is 2.26. The molecule has 2 atom stereocenters. The zero-order valence-electron chi connectivity index (χ0n) is 16.9. The maximum absolute atomic E-state index is 13.1. The molecular formula is C23H24N2O6. The zero-order valence-corrected chi connectivity index (χ0v) is 16.9. The first kappa shape index (κ1) is 22.2. The minimum atomic E-state index is -1.22. The third-order valence-corrected chi connectivity index (χ3v) is 5.22. The van der Waals surface area contributed by atoms with Crippen molar-refractivity contribution < 1.29 is 29.4 Å². The van der Waals surface area contributed by atoms with Gasteiger partial charge in [0.05, 0.1) is 11.1 Å². The van der Waals surface area contributed by atoms with Crippen molar-refractivity contribution in [2.24, 2.45) is 0 Å². The predicted molar refractivity (Wildman–Crippen MR) is 111 cm³/mol. The van der Waals surface area contributed by atoms with Gasteiger partial charge < -0.3 is 15.5 Å². The highest BCUT2D eigenvalue weighted by atomic mass is 16.4. The van der Waals surface area contributed by atoms with Gasteiger partial charge in [0.2, 0.25) is 5.91 Å².